The van der Waals surface area contributed by atoms with Crippen LogP contribution in [-0.2, 0) is 6.42 Å². The largest absolute Gasteiger partial charge is 0.294 e. The molecule has 6 heteroatoms. The maximum absolute atomic E-state index is 5.01. The lowest BCUT2D eigenvalue weighted by Gasteiger charge is -2.20. The van der Waals surface area contributed by atoms with Crippen molar-refractivity contribution in [2.45, 2.75) is 17.2 Å². The summed E-state index contributed by atoms with van der Waals surface area (Å²) in [5.41, 5.74) is 7.95. The van der Waals surface area contributed by atoms with Crippen LogP contribution in [0.25, 0.3) is 57.0 Å². The van der Waals surface area contributed by atoms with Crippen molar-refractivity contribution in [3.8, 4) is 40.0 Å². The van der Waals surface area contributed by atoms with E-state index in [-0.39, 0.29) is 0 Å². The summed E-state index contributed by atoms with van der Waals surface area (Å²) < 4.78 is 2.30. The second kappa shape index (κ2) is 10.1. The quantitative estimate of drug-likeness (QED) is 0.207. The van der Waals surface area contributed by atoms with Crippen LogP contribution in [0.4, 0.5) is 0 Å². The zero-order valence-electron chi connectivity index (χ0n) is 23.6. The summed E-state index contributed by atoms with van der Waals surface area (Å²) in [6, 6.07) is 41.7. The fourth-order valence-corrected chi connectivity index (χ4v) is 7.67. The van der Waals surface area contributed by atoms with Gasteiger partial charge >= 0.3 is 0 Å². The Kier molecular flexibility index (Phi) is 5.81. The number of allylic oxidation sites excluding steroid dienone is 1. The topological polar surface area (TPSA) is 56.5 Å². The minimum absolute atomic E-state index is 0.416. The van der Waals surface area contributed by atoms with Crippen LogP contribution in [0.1, 0.15) is 22.7 Å². The summed E-state index contributed by atoms with van der Waals surface area (Å²) in [4.78, 5) is 22.4. The SMILES string of the molecule is C1=C2Sc3ccccc3C2Cc2c1n(-c1ccc(-c3nc(-c4ccccc4)nc(-c4ccccc4)n3)cn1)c1ccccc21. The number of fused-ring (bicyclic) bond motifs is 6. The van der Waals surface area contributed by atoms with Gasteiger partial charge < -0.3 is 0 Å². The number of nitrogens with zero attached hydrogens (tertiary/aromatic N) is 5. The van der Waals surface area contributed by atoms with Gasteiger partial charge in [-0.1, -0.05) is 109 Å². The number of hydrogen-bond acceptors (Lipinski definition) is 5. The minimum Gasteiger partial charge on any atom is -0.294 e. The van der Waals surface area contributed by atoms with Crippen molar-refractivity contribution in [1.29, 1.82) is 0 Å². The first-order valence-electron chi connectivity index (χ1n) is 14.7. The highest BCUT2D eigenvalue weighted by atomic mass is 32.2. The Morgan fingerprint density at radius 3 is 1.95 bits per heavy atom. The van der Waals surface area contributed by atoms with Crippen molar-refractivity contribution < 1.29 is 0 Å². The van der Waals surface area contributed by atoms with Gasteiger partial charge in [-0.2, -0.15) is 0 Å². The van der Waals surface area contributed by atoms with Gasteiger partial charge in [0.25, 0.3) is 0 Å². The van der Waals surface area contributed by atoms with Crippen LogP contribution >= 0.6 is 11.8 Å². The Morgan fingerprint density at radius 2 is 1.25 bits per heavy atom. The van der Waals surface area contributed by atoms with Crippen molar-refractivity contribution >= 4 is 28.7 Å². The molecular weight excluding hydrogens is 559 g/mol. The van der Waals surface area contributed by atoms with E-state index in [9.17, 15) is 0 Å². The number of hydrogen-bond donors (Lipinski definition) is 0. The summed E-state index contributed by atoms with van der Waals surface area (Å²) in [5.74, 6) is 3.17. The number of benzene rings is 4. The van der Waals surface area contributed by atoms with Crippen LogP contribution in [0.3, 0.4) is 0 Å². The molecule has 0 saturated heterocycles. The van der Waals surface area contributed by atoms with Gasteiger partial charge in [0.05, 0.1) is 11.2 Å². The first-order valence-corrected chi connectivity index (χ1v) is 15.6. The highest BCUT2D eigenvalue weighted by Crippen LogP contribution is 2.54. The Labute approximate surface area is 259 Å². The van der Waals surface area contributed by atoms with Crippen LogP contribution in [0.5, 0.6) is 0 Å². The molecular formula is C38H25N5S. The monoisotopic (exact) mass is 583 g/mol. The summed E-state index contributed by atoms with van der Waals surface area (Å²) in [7, 11) is 0. The molecule has 0 saturated carbocycles. The summed E-state index contributed by atoms with van der Waals surface area (Å²) >= 11 is 1.90. The normalized spacial score (nSPS) is 15.0. The Morgan fingerprint density at radius 1 is 0.614 bits per heavy atom. The molecule has 5 nitrogen and oxygen atoms in total. The first-order chi connectivity index (χ1) is 21.8. The van der Waals surface area contributed by atoms with Crippen LogP contribution < -0.4 is 0 Å². The second-order valence-electron chi connectivity index (χ2n) is 11.1. The van der Waals surface area contributed by atoms with Gasteiger partial charge in [0.2, 0.25) is 0 Å². The lowest BCUT2D eigenvalue weighted by atomic mass is 9.87. The Bertz CT molecular complexity index is 2160. The fourth-order valence-electron chi connectivity index (χ4n) is 6.42. The summed E-state index contributed by atoms with van der Waals surface area (Å²) in [6.07, 6.45) is 5.26. The number of thioether (sulfide) groups is 1. The van der Waals surface area contributed by atoms with Crippen LogP contribution in [-0.4, -0.2) is 24.5 Å². The smallest absolute Gasteiger partial charge is 0.165 e. The van der Waals surface area contributed by atoms with E-state index < -0.39 is 0 Å². The van der Waals surface area contributed by atoms with Crippen LogP contribution in [0.2, 0.25) is 0 Å². The van der Waals surface area contributed by atoms with E-state index in [2.05, 4.69) is 71.3 Å². The highest BCUT2D eigenvalue weighted by molar-refractivity contribution is 8.03. The second-order valence-corrected chi connectivity index (χ2v) is 12.2. The lowest BCUT2D eigenvalue weighted by Crippen LogP contribution is -2.09. The van der Waals surface area contributed by atoms with Gasteiger partial charge in [0, 0.05) is 39.1 Å². The Balaban J connectivity index is 1.15. The van der Waals surface area contributed by atoms with Crippen molar-refractivity contribution in [2.24, 2.45) is 0 Å². The molecule has 3 aromatic heterocycles. The molecule has 0 fully saturated rings. The molecule has 0 radical (unpaired) electrons. The van der Waals surface area contributed by atoms with Crippen LogP contribution in [0, 0.1) is 0 Å². The molecule has 0 N–H and O–H groups in total. The summed E-state index contributed by atoms with van der Waals surface area (Å²) in [6.45, 7) is 0. The number of pyridine rings is 1. The molecule has 4 aromatic carbocycles. The van der Waals surface area contributed by atoms with E-state index in [1.807, 2.05) is 78.6 Å². The van der Waals surface area contributed by atoms with E-state index in [1.165, 1.54) is 37.5 Å². The van der Waals surface area contributed by atoms with Gasteiger partial charge in [-0.25, -0.2) is 19.9 Å². The number of aromatic nitrogens is 5. The lowest BCUT2D eigenvalue weighted by molar-refractivity contribution is 0.810. The average molecular weight is 584 g/mol. The van der Waals surface area contributed by atoms with Gasteiger partial charge in [-0.15, -0.1) is 0 Å². The van der Waals surface area contributed by atoms with E-state index in [0.29, 0.717) is 23.4 Å². The van der Waals surface area contributed by atoms with Crippen LogP contribution in [0.15, 0.2) is 137 Å². The maximum Gasteiger partial charge on any atom is 0.165 e. The average Bonchev–Trinajstić information content (AvgIpc) is 3.62. The molecule has 1 unspecified atom stereocenters. The van der Waals surface area contributed by atoms with E-state index in [4.69, 9.17) is 19.9 Å². The van der Waals surface area contributed by atoms with Crippen molar-refractivity contribution in [3.63, 3.8) is 0 Å². The number of rotatable bonds is 4. The molecule has 7 aromatic rings. The van der Waals surface area contributed by atoms with Gasteiger partial charge in [-0.3, -0.25) is 4.57 Å². The maximum atomic E-state index is 5.01. The molecule has 4 heterocycles. The predicted molar refractivity (Wildman–Crippen MR) is 177 cm³/mol. The molecule has 44 heavy (non-hydrogen) atoms. The standard InChI is InChI=1S/C38H25N5S/c1-3-11-24(12-4-1)36-40-37(25-13-5-2-6-14-25)42-38(41-36)26-19-20-35(39-23-26)43-31-17-9-7-15-27(31)29-21-30-28-16-8-10-18-33(28)44-34(30)22-32(29)43/h1-20,22-23,30H,21H2. The number of para-hydroxylation sites is 1. The predicted octanol–water partition coefficient (Wildman–Crippen LogP) is 9.00. The van der Waals surface area contributed by atoms with E-state index in [0.717, 1.165) is 28.9 Å². The molecule has 1 aliphatic carbocycles. The molecule has 208 valence electrons. The Hall–Kier alpha value is -5.33. The molecule has 1 atom stereocenters. The minimum atomic E-state index is 0.416. The molecule has 1 aliphatic heterocycles. The molecule has 0 amide bonds. The zero-order chi connectivity index (χ0) is 29.0. The highest BCUT2D eigenvalue weighted by Gasteiger charge is 2.34. The third-order valence-electron chi connectivity index (χ3n) is 8.51. The van der Waals surface area contributed by atoms with Gasteiger partial charge in [0.1, 0.15) is 5.82 Å². The van der Waals surface area contributed by atoms with Gasteiger partial charge in [0.15, 0.2) is 17.5 Å². The van der Waals surface area contributed by atoms with Crippen molar-refractivity contribution in [2.75, 3.05) is 0 Å². The molecule has 0 bridgehead atoms. The van der Waals surface area contributed by atoms with E-state index in [1.54, 1.807) is 0 Å². The van der Waals surface area contributed by atoms with E-state index >= 15 is 0 Å². The molecule has 0 spiro atoms. The third-order valence-corrected chi connectivity index (χ3v) is 9.74. The fraction of sp³-hybridized carbons (Fsp3) is 0.0526. The van der Waals surface area contributed by atoms with Crippen molar-refractivity contribution in [1.82, 2.24) is 24.5 Å². The first kappa shape index (κ1) is 25.2. The van der Waals surface area contributed by atoms with Gasteiger partial charge in [-0.05, 0) is 52.8 Å². The third kappa shape index (κ3) is 4.10. The summed E-state index contributed by atoms with van der Waals surface area (Å²) in [5, 5.41) is 1.29. The molecule has 9 rings (SSSR count). The zero-order valence-corrected chi connectivity index (χ0v) is 24.4. The van der Waals surface area contributed by atoms with Crippen molar-refractivity contribution in [3.05, 3.63) is 149 Å². The molecule has 2 aliphatic rings.